The van der Waals surface area contributed by atoms with Crippen LogP contribution in [0.3, 0.4) is 0 Å². The third kappa shape index (κ3) is 3.46. The Balaban J connectivity index is 0.938. The number of urea groups is 1. The molecule has 4 heterocycles. The van der Waals surface area contributed by atoms with Crippen LogP contribution in [0.5, 0.6) is 0 Å². The van der Waals surface area contributed by atoms with E-state index in [0.717, 1.165) is 31.9 Å². The number of carbonyl (C=O) groups is 1. The molecule has 2 saturated heterocycles. The number of alkyl halides is 5. The highest BCUT2D eigenvalue weighted by Crippen LogP contribution is 2.56. The molecule has 184 valence electrons. The molecule has 34 heavy (non-hydrogen) atoms. The summed E-state index contributed by atoms with van der Waals surface area (Å²) in [6.45, 7) is 2.61. The minimum Gasteiger partial charge on any atom is -0.323 e. The predicted octanol–water partition coefficient (Wildman–Crippen LogP) is 3.67. The molecule has 2 spiro atoms. The fourth-order valence-corrected chi connectivity index (χ4v) is 6.51. The number of nitrogens with zero attached hydrogens (tertiary/aromatic N) is 6. The lowest BCUT2D eigenvalue weighted by Crippen LogP contribution is -2.71. The standard InChI is InChI=1S/C21H24F5N7O/c22-16(23)17-27-11-33(30-17)13-4-20(5-13)9-32(10-20)18(34)31-7-19(8-31)2-12(3-19)1-15-14(6-28-29-15)21(24,25)26/h6,11-13,16H,1-5,7-10H2,(H,28,29). The van der Waals surface area contributed by atoms with E-state index in [2.05, 4.69) is 20.3 Å². The second-order valence-corrected chi connectivity index (χ2v) is 10.7. The van der Waals surface area contributed by atoms with Crippen molar-refractivity contribution in [2.75, 3.05) is 26.2 Å². The van der Waals surface area contributed by atoms with Crippen molar-refractivity contribution < 1.29 is 26.7 Å². The highest BCUT2D eigenvalue weighted by molar-refractivity contribution is 5.77. The monoisotopic (exact) mass is 485 g/mol. The summed E-state index contributed by atoms with van der Waals surface area (Å²) < 4.78 is 65.9. The van der Waals surface area contributed by atoms with E-state index in [9.17, 15) is 26.7 Å². The fourth-order valence-electron chi connectivity index (χ4n) is 6.51. The van der Waals surface area contributed by atoms with Crippen molar-refractivity contribution in [1.82, 2.24) is 34.8 Å². The van der Waals surface area contributed by atoms with Gasteiger partial charge in [0.2, 0.25) is 5.82 Å². The second-order valence-electron chi connectivity index (χ2n) is 10.7. The molecule has 2 amide bonds. The molecule has 8 nitrogen and oxygen atoms in total. The highest BCUT2D eigenvalue weighted by Gasteiger charge is 2.58. The first-order chi connectivity index (χ1) is 16.0. The van der Waals surface area contributed by atoms with Crippen LogP contribution in [0.15, 0.2) is 12.5 Å². The summed E-state index contributed by atoms with van der Waals surface area (Å²) in [7, 11) is 0. The van der Waals surface area contributed by atoms with E-state index in [1.165, 1.54) is 11.0 Å². The van der Waals surface area contributed by atoms with Crippen LogP contribution < -0.4 is 0 Å². The molecule has 2 aliphatic carbocycles. The van der Waals surface area contributed by atoms with Crippen molar-refractivity contribution in [2.24, 2.45) is 16.7 Å². The summed E-state index contributed by atoms with van der Waals surface area (Å²) in [5.74, 6) is -0.301. The fraction of sp³-hybridized carbons (Fsp3) is 0.714. The van der Waals surface area contributed by atoms with Crippen molar-refractivity contribution in [2.45, 2.75) is 50.7 Å². The Morgan fingerprint density at radius 2 is 1.71 bits per heavy atom. The zero-order valence-corrected chi connectivity index (χ0v) is 18.2. The number of nitrogens with one attached hydrogen (secondary N) is 1. The molecule has 2 aliphatic heterocycles. The number of H-pyrrole nitrogens is 1. The van der Waals surface area contributed by atoms with Crippen LogP contribution in [-0.4, -0.2) is 67.0 Å². The topological polar surface area (TPSA) is 82.9 Å². The quantitative estimate of drug-likeness (QED) is 0.670. The van der Waals surface area contributed by atoms with Crippen molar-refractivity contribution in [3.63, 3.8) is 0 Å². The first-order valence-electron chi connectivity index (χ1n) is 11.4. The van der Waals surface area contributed by atoms with Gasteiger partial charge in [0.1, 0.15) is 6.33 Å². The normalized spacial score (nSPS) is 23.7. The number of hydrogen-bond donors (Lipinski definition) is 1. The molecule has 6 rings (SSSR count). The summed E-state index contributed by atoms with van der Waals surface area (Å²) in [4.78, 5) is 20.1. The molecule has 2 aromatic heterocycles. The number of amides is 2. The third-order valence-corrected chi connectivity index (χ3v) is 8.03. The van der Waals surface area contributed by atoms with Crippen molar-refractivity contribution in [3.05, 3.63) is 29.6 Å². The first kappa shape index (κ1) is 21.8. The van der Waals surface area contributed by atoms with E-state index in [1.54, 1.807) is 0 Å². The van der Waals surface area contributed by atoms with Gasteiger partial charge in [-0.05, 0) is 38.0 Å². The first-order valence-corrected chi connectivity index (χ1v) is 11.4. The van der Waals surface area contributed by atoms with Gasteiger partial charge < -0.3 is 9.80 Å². The van der Waals surface area contributed by atoms with E-state index < -0.39 is 24.0 Å². The Morgan fingerprint density at radius 1 is 1.09 bits per heavy atom. The second kappa shape index (κ2) is 7.14. The maximum atomic E-state index is 13.0. The molecule has 4 aliphatic rings. The molecule has 4 fully saturated rings. The molecule has 0 radical (unpaired) electrons. The minimum atomic E-state index is -4.40. The SMILES string of the molecule is O=C(N1CC2(CC(Cc3n[nH]cc3C(F)(F)F)C2)C1)N1CC2(CC(n3cnc(C(F)F)n3)C2)C1. The Labute approximate surface area is 191 Å². The minimum absolute atomic E-state index is 0.00977. The van der Waals surface area contributed by atoms with Gasteiger partial charge >= 0.3 is 12.2 Å². The zero-order valence-electron chi connectivity index (χ0n) is 18.2. The highest BCUT2D eigenvalue weighted by atomic mass is 19.4. The number of likely N-dealkylation sites (tertiary alicyclic amines) is 2. The molecule has 13 heteroatoms. The third-order valence-electron chi connectivity index (χ3n) is 8.03. The molecule has 2 aromatic rings. The van der Waals surface area contributed by atoms with Gasteiger partial charge in [-0.25, -0.2) is 23.2 Å². The summed E-state index contributed by atoms with van der Waals surface area (Å²) in [6, 6.07) is 0.0550. The molecule has 0 bridgehead atoms. The van der Waals surface area contributed by atoms with Crippen LogP contribution in [0.4, 0.5) is 26.7 Å². The maximum absolute atomic E-state index is 13.0. The maximum Gasteiger partial charge on any atom is 0.419 e. The van der Waals surface area contributed by atoms with Crippen LogP contribution in [0, 0.1) is 16.7 Å². The molecular weight excluding hydrogens is 461 g/mol. The van der Waals surface area contributed by atoms with E-state index in [1.807, 2.05) is 9.80 Å². The van der Waals surface area contributed by atoms with Gasteiger partial charge in [-0.1, -0.05) is 0 Å². The molecule has 2 saturated carbocycles. The van der Waals surface area contributed by atoms with Crippen molar-refractivity contribution >= 4 is 6.03 Å². The van der Waals surface area contributed by atoms with Gasteiger partial charge in [0.05, 0.1) is 17.3 Å². The number of rotatable bonds is 4. The lowest BCUT2D eigenvalue weighted by Gasteiger charge is -2.63. The summed E-state index contributed by atoms with van der Waals surface area (Å²) >= 11 is 0. The van der Waals surface area contributed by atoms with E-state index in [0.29, 0.717) is 32.6 Å². The average molecular weight is 485 g/mol. The van der Waals surface area contributed by atoms with Crippen LogP contribution >= 0.6 is 0 Å². The number of aromatic amines is 1. The Hall–Kier alpha value is -2.73. The smallest absolute Gasteiger partial charge is 0.323 e. The number of carbonyl (C=O) groups excluding carboxylic acids is 1. The van der Waals surface area contributed by atoms with Crippen LogP contribution in [0.2, 0.25) is 0 Å². The van der Waals surface area contributed by atoms with Crippen LogP contribution in [-0.2, 0) is 12.6 Å². The molecule has 0 atom stereocenters. The van der Waals surface area contributed by atoms with Crippen LogP contribution in [0.25, 0.3) is 0 Å². The molecule has 1 N–H and O–H groups in total. The predicted molar refractivity (Wildman–Crippen MR) is 107 cm³/mol. The number of halogens is 5. The van der Waals surface area contributed by atoms with Crippen molar-refractivity contribution in [3.8, 4) is 0 Å². The zero-order chi connectivity index (χ0) is 23.9. The van der Waals surface area contributed by atoms with Crippen molar-refractivity contribution in [1.29, 1.82) is 0 Å². The molecule has 0 aromatic carbocycles. The Bertz CT molecular complexity index is 1080. The Morgan fingerprint density at radius 3 is 2.26 bits per heavy atom. The van der Waals surface area contributed by atoms with Gasteiger partial charge in [-0.3, -0.25) is 5.10 Å². The Kier molecular flexibility index (Phi) is 4.57. The van der Waals surface area contributed by atoms with E-state index in [-0.39, 0.29) is 34.5 Å². The van der Waals surface area contributed by atoms with Gasteiger partial charge in [0.25, 0.3) is 6.43 Å². The van der Waals surface area contributed by atoms with Gasteiger partial charge in [-0.15, -0.1) is 5.10 Å². The molecular formula is C21H24F5N7O. The largest absolute Gasteiger partial charge is 0.419 e. The number of aromatic nitrogens is 5. The molecule has 0 unspecified atom stereocenters. The summed E-state index contributed by atoms with van der Waals surface area (Å²) in [5, 5.41) is 9.95. The lowest BCUT2D eigenvalue weighted by molar-refractivity contribution is -0.138. The van der Waals surface area contributed by atoms with Gasteiger partial charge in [-0.2, -0.15) is 18.3 Å². The average Bonchev–Trinajstić information content (AvgIpc) is 3.29. The van der Waals surface area contributed by atoms with E-state index >= 15 is 0 Å². The lowest BCUT2D eigenvalue weighted by atomic mass is 9.56. The van der Waals surface area contributed by atoms with Gasteiger partial charge in [0.15, 0.2) is 0 Å². The summed E-state index contributed by atoms with van der Waals surface area (Å²) in [5.41, 5.74) is -0.543. The van der Waals surface area contributed by atoms with E-state index in [4.69, 9.17) is 0 Å². The van der Waals surface area contributed by atoms with Gasteiger partial charge in [0, 0.05) is 43.2 Å². The number of hydrogen-bond acceptors (Lipinski definition) is 4. The van der Waals surface area contributed by atoms with Crippen LogP contribution in [0.1, 0.15) is 55.2 Å². The summed E-state index contributed by atoms with van der Waals surface area (Å²) in [6.07, 6.45) is -1.32.